The van der Waals surface area contributed by atoms with Gasteiger partial charge >= 0.3 is 0 Å². The van der Waals surface area contributed by atoms with Gasteiger partial charge in [-0.1, -0.05) is 6.92 Å². The van der Waals surface area contributed by atoms with Gasteiger partial charge in [-0.05, 0) is 86.6 Å². The molecular formula is C26H21F2N5O2S. The number of nitrogens with one attached hydrogen (secondary N) is 1. The quantitative estimate of drug-likeness (QED) is 0.486. The second-order valence-corrected chi connectivity index (χ2v) is 8.85. The molecule has 1 aliphatic heterocycles. The van der Waals surface area contributed by atoms with Gasteiger partial charge in [0.1, 0.15) is 28.9 Å². The highest BCUT2D eigenvalue weighted by Gasteiger charge is 2.52. The molecule has 0 spiro atoms. The molecule has 2 aromatic carbocycles. The Balaban J connectivity index is 1.67. The molecule has 1 atom stereocenters. The van der Waals surface area contributed by atoms with E-state index < -0.39 is 23.1 Å². The lowest BCUT2D eigenvalue weighted by Crippen LogP contribution is -2.46. The highest BCUT2D eigenvalue weighted by Crippen LogP contribution is 2.39. The number of anilines is 3. The lowest BCUT2D eigenvalue weighted by molar-refractivity contribution is -0.121. The number of benzene rings is 2. The van der Waals surface area contributed by atoms with Gasteiger partial charge in [-0.3, -0.25) is 14.5 Å². The van der Waals surface area contributed by atoms with Crippen molar-refractivity contribution in [3.8, 4) is 6.07 Å². The molecule has 1 aliphatic rings. The zero-order valence-electron chi connectivity index (χ0n) is 19.7. The zero-order valence-corrected chi connectivity index (χ0v) is 20.5. The van der Waals surface area contributed by atoms with E-state index in [2.05, 4.69) is 10.3 Å². The van der Waals surface area contributed by atoms with E-state index in [4.69, 9.17) is 17.5 Å². The molecule has 1 N–H and O–H groups in total. The zero-order chi connectivity index (χ0) is 26.2. The number of thiocarbonyl (C=S) groups is 1. The predicted molar refractivity (Wildman–Crippen MR) is 136 cm³/mol. The van der Waals surface area contributed by atoms with Crippen molar-refractivity contribution in [3.63, 3.8) is 0 Å². The molecule has 4 rings (SSSR count). The molecule has 7 nitrogen and oxygen atoms in total. The van der Waals surface area contributed by atoms with E-state index >= 15 is 4.39 Å². The van der Waals surface area contributed by atoms with E-state index in [1.807, 2.05) is 13.0 Å². The average molecular weight is 506 g/mol. The number of carbonyl (C=O) groups is 2. The van der Waals surface area contributed by atoms with Gasteiger partial charge in [0.05, 0.1) is 17.4 Å². The largest absolute Gasteiger partial charge is 0.322 e. The first-order valence-corrected chi connectivity index (χ1v) is 11.4. The van der Waals surface area contributed by atoms with E-state index in [1.54, 1.807) is 24.8 Å². The molecule has 2 heterocycles. The number of aryl methyl sites for hydroxylation is 1. The maximum absolute atomic E-state index is 15.1. The monoisotopic (exact) mass is 505 g/mol. The van der Waals surface area contributed by atoms with E-state index in [-0.39, 0.29) is 22.3 Å². The van der Waals surface area contributed by atoms with Crippen LogP contribution in [-0.4, -0.2) is 27.4 Å². The van der Waals surface area contributed by atoms with Crippen molar-refractivity contribution in [3.05, 3.63) is 83.2 Å². The molecule has 0 bridgehead atoms. The maximum Gasteiger partial charge on any atom is 0.259 e. The van der Waals surface area contributed by atoms with Crippen molar-refractivity contribution in [2.24, 2.45) is 0 Å². The van der Waals surface area contributed by atoms with Crippen molar-refractivity contribution >= 4 is 46.2 Å². The number of hydrogen-bond donors (Lipinski definition) is 1. The second kappa shape index (κ2) is 9.43. The van der Waals surface area contributed by atoms with Crippen LogP contribution < -0.4 is 15.1 Å². The number of pyridine rings is 1. The van der Waals surface area contributed by atoms with Crippen LogP contribution in [0.15, 0.2) is 54.7 Å². The summed E-state index contributed by atoms with van der Waals surface area (Å²) >= 11 is 5.65. The van der Waals surface area contributed by atoms with E-state index in [1.165, 1.54) is 47.5 Å². The first-order valence-electron chi connectivity index (χ1n) is 11.0. The van der Waals surface area contributed by atoms with Crippen LogP contribution in [0, 0.1) is 29.9 Å². The van der Waals surface area contributed by atoms with Crippen LogP contribution in [0.2, 0.25) is 0 Å². The molecule has 1 unspecified atom stereocenters. The van der Waals surface area contributed by atoms with Crippen LogP contribution in [0.5, 0.6) is 0 Å². The summed E-state index contributed by atoms with van der Waals surface area (Å²) in [6.45, 7) is 5.24. The fourth-order valence-corrected chi connectivity index (χ4v) is 4.52. The molecule has 1 saturated heterocycles. The number of amides is 2. The molecule has 3 aromatic rings. The predicted octanol–water partition coefficient (Wildman–Crippen LogP) is 5.10. The number of hydrogen-bond acceptors (Lipinski definition) is 5. The first kappa shape index (κ1) is 24.9. The Bertz CT molecular complexity index is 1440. The van der Waals surface area contributed by atoms with E-state index in [9.17, 15) is 14.0 Å². The number of rotatable bonds is 5. The smallest absolute Gasteiger partial charge is 0.259 e. The van der Waals surface area contributed by atoms with Crippen molar-refractivity contribution in [2.45, 2.75) is 32.7 Å². The molecule has 0 radical (unpaired) electrons. The lowest BCUT2D eigenvalue weighted by atomic mass is 9.96. The van der Waals surface area contributed by atoms with Gasteiger partial charge in [0.25, 0.3) is 11.8 Å². The number of carbonyl (C=O) groups excluding carboxylic acids is 2. The van der Waals surface area contributed by atoms with Crippen LogP contribution in [0.4, 0.5) is 25.8 Å². The molecule has 2 amide bonds. The van der Waals surface area contributed by atoms with Gasteiger partial charge in [0, 0.05) is 11.4 Å². The molecule has 36 heavy (non-hydrogen) atoms. The minimum Gasteiger partial charge on any atom is -0.322 e. The lowest BCUT2D eigenvalue weighted by Gasteiger charge is -2.32. The van der Waals surface area contributed by atoms with Gasteiger partial charge in [-0.2, -0.15) is 5.26 Å². The Morgan fingerprint density at radius 3 is 2.44 bits per heavy atom. The number of aromatic nitrogens is 1. The van der Waals surface area contributed by atoms with Crippen LogP contribution in [0.1, 0.15) is 41.9 Å². The van der Waals surface area contributed by atoms with E-state index in [0.717, 1.165) is 6.07 Å². The van der Waals surface area contributed by atoms with Crippen LogP contribution in [0.25, 0.3) is 0 Å². The Morgan fingerprint density at radius 1 is 1.17 bits per heavy atom. The van der Waals surface area contributed by atoms with Crippen molar-refractivity contribution < 1.29 is 18.4 Å². The molecular weight excluding hydrogens is 484 g/mol. The fourth-order valence-electron chi connectivity index (χ4n) is 4.03. The Labute approximate surface area is 212 Å². The fraction of sp³-hybridized carbons (Fsp3) is 0.192. The minimum absolute atomic E-state index is 0.123. The molecule has 0 aliphatic carbocycles. The summed E-state index contributed by atoms with van der Waals surface area (Å²) in [6.07, 6.45) is 1.76. The molecule has 10 heteroatoms. The van der Waals surface area contributed by atoms with E-state index in [0.29, 0.717) is 29.0 Å². The van der Waals surface area contributed by atoms with Gasteiger partial charge in [0.2, 0.25) is 0 Å². The van der Waals surface area contributed by atoms with Crippen molar-refractivity contribution in [1.82, 2.24) is 4.98 Å². The average Bonchev–Trinajstić information content (AvgIpc) is 3.05. The van der Waals surface area contributed by atoms with Gasteiger partial charge in [0.15, 0.2) is 5.11 Å². The summed E-state index contributed by atoms with van der Waals surface area (Å²) in [7, 11) is 0. The standard InChI is InChI=1S/C26H21F2N5O2S/c1-4-26(3)24(35)32(19-11-15(2)22(13-29)30-14-19)25(36)33(26)18-9-10-20(21(28)12-18)23(34)31-17-7-5-16(27)6-8-17/h5-12,14H,4H2,1-3H3,(H,31,34). The number of halogens is 2. The summed E-state index contributed by atoms with van der Waals surface area (Å²) in [4.78, 5) is 33.1. The van der Waals surface area contributed by atoms with Crippen LogP contribution in [-0.2, 0) is 4.79 Å². The highest BCUT2D eigenvalue weighted by molar-refractivity contribution is 7.81. The van der Waals surface area contributed by atoms with Crippen molar-refractivity contribution in [2.75, 3.05) is 15.1 Å². The normalized spacial score (nSPS) is 17.3. The van der Waals surface area contributed by atoms with Crippen molar-refractivity contribution in [1.29, 1.82) is 5.26 Å². The number of nitriles is 1. The third-order valence-electron chi connectivity index (χ3n) is 6.21. The molecule has 182 valence electrons. The summed E-state index contributed by atoms with van der Waals surface area (Å²) in [5, 5.41) is 11.8. The Kier molecular flexibility index (Phi) is 6.52. The number of nitrogens with zero attached hydrogens (tertiary/aromatic N) is 4. The molecule has 0 saturated carbocycles. The minimum atomic E-state index is -1.12. The second-order valence-electron chi connectivity index (χ2n) is 8.48. The summed E-state index contributed by atoms with van der Waals surface area (Å²) in [5.41, 5.74) is 0.503. The van der Waals surface area contributed by atoms with Crippen LogP contribution in [0.3, 0.4) is 0 Å². The first-order chi connectivity index (χ1) is 17.1. The van der Waals surface area contributed by atoms with Crippen LogP contribution >= 0.6 is 12.2 Å². The molecule has 1 aromatic heterocycles. The third-order valence-corrected chi connectivity index (χ3v) is 6.58. The summed E-state index contributed by atoms with van der Waals surface area (Å²) < 4.78 is 28.2. The van der Waals surface area contributed by atoms with Gasteiger partial charge in [-0.25, -0.2) is 13.8 Å². The SMILES string of the molecule is CCC1(C)C(=O)N(c2cnc(C#N)c(C)c2)C(=S)N1c1ccc(C(=O)Nc2ccc(F)cc2)c(F)c1. The molecule has 1 fully saturated rings. The third kappa shape index (κ3) is 4.18. The highest BCUT2D eigenvalue weighted by atomic mass is 32.1. The Hall–Kier alpha value is -4.23. The Morgan fingerprint density at radius 2 is 1.86 bits per heavy atom. The maximum atomic E-state index is 15.1. The van der Waals surface area contributed by atoms with Gasteiger partial charge < -0.3 is 10.2 Å². The summed E-state index contributed by atoms with van der Waals surface area (Å²) in [6, 6.07) is 12.7. The topological polar surface area (TPSA) is 89.3 Å². The summed E-state index contributed by atoms with van der Waals surface area (Å²) in [5.74, 6) is -2.29. The van der Waals surface area contributed by atoms with Gasteiger partial charge in [-0.15, -0.1) is 0 Å².